The molecule has 10 heteroatoms. The van der Waals surface area contributed by atoms with Crippen LogP contribution in [0.4, 0.5) is 4.79 Å². The quantitative estimate of drug-likeness (QED) is 0.161. The van der Waals surface area contributed by atoms with E-state index in [0.717, 1.165) is 27.2 Å². The average molecular weight is 648 g/mol. The van der Waals surface area contributed by atoms with Gasteiger partial charge in [0.1, 0.15) is 11.8 Å². The highest BCUT2D eigenvalue weighted by Gasteiger charge is 2.30. The Morgan fingerprint density at radius 2 is 1.47 bits per heavy atom. The van der Waals surface area contributed by atoms with Crippen LogP contribution in [0, 0.1) is 0 Å². The second kappa shape index (κ2) is 16.6. The molecule has 45 heavy (non-hydrogen) atoms. The molecule has 0 aliphatic heterocycles. The summed E-state index contributed by atoms with van der Waals surface area (Å²) in [6.45, 7) is 3.06. The maximum atomic E-state index is 14.2. The third kappa shape index (κ3) is 9.81. The van der Waals surface area contributed by atoms with E-state index in [2.05, 4.69) is 10.6 Å². The van der Waals surface area contributed by atoms with Gasteiger partial charge in [-0.1, -0.05) is 83.9 Å². The van der Waals surface area contributed by atoms with Crippen LogP contribution in [0.3, 0.4) is 0 Å². The van der Waals surface area contributed by atoms with Crippen LogP contribution in [0.5, 0.6) is 5.75 Å². The minimum atomic E-state index is -1.04. The topological polar surface area (TPSA) is 114 Å². The standard InChI is InChI=1S/C35H36Cl2N4O4/c1-2-45-29-15-12-24(13-16-29)21-32(40-33(42)28-6-4-3-5-7-28)34(43)41(19-18-25-14-17-30(36)31(37)20-25)35(44)39-23-27-10-8-26(22-38)9-11-27/h3-17,20,32H,2,18-19,21-23,38H2,1H3,(H,39,44)(H,40,42)/t32-/m1/s1. The summed E-state index contributed by atoms with van der Waals surface area (Å²) in [5, 5.41) is 6.51. The molecule has 0 heterocycles. The first-order valence-electron chi connectivity index (χ1n) is 14.7. The van der Waals surface area contributed by atoms with Crippen LogP contribution in [0.1, 0.15) is 39.5 Å². The van der Waals surface area contributed by atoms with E-state index in [1.54, 1.807) is 48.5 Å². The van der Waals surface area contributed by atoms with Crippen LogP contribution in [0.25, 0.3) is 0 Å². The van der Waals surface area contributed by atoms with E-state index in [-0.39, 0.29) is 19.5 Å². The molecule has 0 bridgehead atoms. The molecule has 0 fully saturated rings. The minimum absolute atomic E-state index is 0.0374. The molecular weight excluding hydrogens is 611 g/mol. The third-order valence-corrected chi connectivity index (χ3v) is 7.87. The molecule has 0 saturated carbocycles. The molecule has 0 aromatic heterocycles. The van der Waals surface area contributed by atoms with Crippen LogP contribution >= 0.6 is 23.2 Å². The van der Waals surface area contributed by atoms with Crippen LogP contribution in [-0.2, 0) is 30.7 Å². The largest absolute Gasteiger partial charge is 0.494 e. The Kier molecular flexibility index (Phi) is 12.4. The number of imide groups is 1. The predicted octanol–water partition coefficient (Wildman–Crippen LogP) is 6.17. The van der Waals surface area contributed by atoms with Gasteiger partial charge in [0.15, 0.2) is 0 Å². The van der Waals surface area contributed by atoms with Crippen molar-refractivity contribution in [2.75, 3.05) is 13.2 Å². The number of hydrogen-bond acceptors (Lipinski definition) is 5. The van der Waals surface area contributed by atoms with Gasteiger partial charge in [-0.25, -0.2) is 4.79 Å². The summed E-state index contributed by atoms with van der Waals surface area (Å²) in [4.78, 5) is 42.3. The molecular formula is C35H36Cl2N4O4. The van der Waals surface area contributed by atoms with E-state index in [1.807, 2.05) is 55.5 Å². The van der Waals surface area contributed by atoms with E-state index in [0.29, 0.717) is 40.9 Å². The van der Waals surface area contributed by atoms with Crippen LogP contribution in [0.15, 0.2) is 97.1 Å². The average Bonchev–Trinajstić information content (AvgIpc) is 3.06. The second-order valence-corrected chi connectivity index (χ2v) is 11.2. The van der Waals surface area contributed by atoms with Gasteiger partial charge in [0.25, 0.3) is 11.8 Å². The molecule has 0 aliphatic carbocycles. The number of halogens is 2. The molecule has 0 saturated heterocycles. The zero-order valence-electron chi connectivity index (χ0n) is 25.0. The maximum absolute atomic E-state index is 14.2. The monoisotopic (exact) mass is 646 g/mol. The molecule has 4 aromatic carbocycles. The third-order valence-electron chi connectivity index (χ3n) is 7.14. The van der Waals surface area contributed by atoms with E-state index >= 15 is 0 Å². The lowest BCUT2D eigenvalue weighted by atomic mass is 10.0. The van der Waals surface area contributed by atoms with Gasteiger partial charge in [-0.15, -0.1) is 0 Å². The Hall–Kier alpha value is -4.37. The zero-order chi connectivity index (χ0) is 32.2. The van der Waals surface area contributed by atoms with Gasteiger partial charge in [0.05, 0.1) is 16.7 Å². The van der Waals surface area contributed by atoms with Gasteiger partial charge < -0.3 is 21.1 Å². The van der Waals surface area contributed by atoms with Crippen molar-refractivity contribution in [3.63, 3.8) is 0 Å². The second-order valence-electron chi connectivity index (χ2n) is 10.3. The lowest BCUT2D eigenvalue weighted by Gasteiger charge is -2.27. The first-order chi connectivity index (χ1) is 21.8. The predicted molar refractivity (Wildman–Crippen MR) is 177 cm³/mol. The fourth-order valence-electron chi connectivity index (χ4n) is 4.66. The van der Waals surface area contributed by atoms with Gasteiger partial charge in [0, 0.05) is 31.6 Å². The molecule has 0 radical (unpaired) electrons. The van der Waals surface area contributed by atoms with E-state index in [1.165, 1.54) is 0 Å². The van der Waals surface area contributed by atoms with Crippen molar-refractivity contribution >= 4 is 41.0 Å². The van der Waals surface area contributed by atoms with Gasteiger partial charge in [-0.3, -0.25) is 14.5 Å². The highest BCUT2D eigenvalue weighted by atomic mass is 35.5. The number of carbonyl (C=O) groups excluding carboxylic acids is 3. The maximum Gasteiger partial charge on any atom is 0.324 e. The Labute approximate surface area is 273 Å². The summed E-state index contributed by atoms with van der Waals surface area (Å²) in [5.74, 6) is -0.284. The van der Waals surface area contributed by atoms with Crippen molar-refractivity contribution in [2.24, 2.45) is 5.73 Å². The van der Waals surface area contributed by atoms with E-state index in [4.69, 9.17) is 33.7 Å². The summed E-state index contributed by atoms with van der Waals surface area (Å²) < 4.78 is 5.55. The summed E-state index contributed by atoms with van der Waals surface area (Å²) in [7, 11) is 0. The SMILES string of the molecule is CCOc1ccc(C[C@@H](NC(=O)c2ccccc2)C(=O)N(CCc2ccc(Cl)c(Cl)c2)C(=O)NCc2ccc(CN)cc2)cc1. The molecule has 4 aromatic rings. The van der Waals surface area contributed by atoms with Gasteiger partial charge in [-0.2, -0.15) is 0 Å². The number of nitrogens with two attached hydrogens (primary N) is 1. The van der Waals surface area contributed by atoms with Gasteiger partial charge in [-0.05, 0) is 72.0 Å². The van der Waals surface area contributed by atoms with Crippen molar-refractivity contribution in [2.45, 2.75) is 38.9 Å². The summed E-state index contributed by atoms with van der Waals surface area (Å²) in [5.41, 5.74) is 9.50. The zero-order valence-corrected chi connectivity index (χ0v) is 26.5. The molecule has 0 unspecified atom stereocenters. The smallest absolute Gasteiger partial charge is 0.324 e. The molecule has 4 N–H and O–H groups in total. The van der Waals surface area contributed by atoms with E-state index in [9.17, 15) is 14.4 Å². The Morgan fingerprint density at radius 3 is 2.11 bits per heavy atom. The number of nitrogens with zero attached hydrogens (tertiary/aromatic N) is 1. The molecule has 0 spiro atoms. The number of ether oxygens (including phenoxy) is 1. The summed E-state index contributed by atoms with van der Waals surface area (Å²) in [6, 6.07) is 27.0. The highest BCUT2D eigenvalue weighted by Crippen LogP contribution is 2.23. The summed E-state index contributed by atoms with van der Waals surface area (Å²) >= 11 is 12.3. The number of amides is 4. The normalized spacial score (nSPS) is 11.4. The van der Waals surface area contributed by atoms with Crippen LogP contribution < -0.4 is 21.1 Å². The van der Waals surface area contributed by atoms with Crippen LogP contribution in [0.2, 0.25) is 10.0 Å². The molecule has 234 valence electrons. The lowest BCUT2D eigenvalue weighted by molar-refractivity contribution is -0.130. The number of nitrogens with one attached hydrogen (secondary N) is 2. The van der Waals surface area contributed by atoms with Crippen LogP contribution in [-0.4, -0.2) is 41.9 Å². The molecule has 0 aliphatic rings. The molecule has 1 atom stereocenters. The fraction of sp³-hybridized carbons (Fsp3) is 0.229. The van der Waals surface area contributed by atoms with E-state index < -0.39 is 23.9 Å². The van der Waals surface area contributed by atoms with Crippen molar-refractivity contribution in [3.8, 4) is 5.75 Å². The summed E-state index contributed by atoms with van der Waals surface area (Å²) in [6.07, 6.45) is 0.477. The molecule has 4 amide bonds. The molecule has 8 nitrogen and oxygen atoms in total. The molecule has 4 rings (SSSR count). The van der Waals surface area contributed by atoms with Gasteiger partial charge >= 0.3 is 6.03 Å². The highest BCUT2D eigenvalue weighted by molar-refractivity contribution is 6.42. The van der Waals surface area contributed by atoms with Crippen molar-refractivity contribution in [1.82, 2.24) is 15.5 Å². The first-order valence-corrected chi connectivity index (χ1v) is 15.4. The van der Waals surface area contributed by atoms with Crippen molar-refractivity contribution in [1.29, 1.82) is 0 Å². The number of benzene rings is 4. The first kappa shape index (κ1) is 33.5. The lowest BCUT2D eigenvalue weighted by Crippen LogP contribution is -2.54. The van der Waals surface area contributed by atoms with Crippen molar-refractivity contribution in [3.05, 3.63) is 135 Å². The van der Waals surface area contributed by atoms with Crippen molar-refractivity contribution < 1.29 is 19.1 Å². The number of carbonyl (C=O) groups is 3. The number of hydrogen-bond donors (Lipinski definition) is 3. The Bertz CT molecular complexity index is 1580. The minimum Gasteiger partial charge on any atom is -0.494 e. The Morgan fingerprint density at radius 1 is 0.822 bits per heavy atom. The Balaban J connectivity index is 1.60. The number of rotatable bonds is 13. The van der Waals surface area contributed by atoms with Gasteiger partial charge in [0.2, 0.25) is 0 Å². The fourth-order valence-corrected chi connectivity index (χ4v) is 4.98. The number of urea groups is 1.